The number of hydrogen-bond donors (Lipinski definition) is 0. The third-order valence-corrected chi connectivity index (χ3v) is 4.56. The Morgan fingerprint density at radius 3 is 1.96 bits per heavy atom. The lowest BCUT2D eigenvalue weighted by molar-refractivity contribution is -0.113. The molecule has 134 valence electrons. The van der Waals surface area contributed by atoms with Gasteiger partial charge in [0.05, 0.1) is 23.8 Å². The first-order valence-electron chi connectivity index (χ1n) is 8.36. The van der Waals surface area contributed by atoms with Crippen molar-refractivity contribution in [1.82, 2.24) is 0 Å². The molecule has 6 heteroatoms. The number of benzene rings is 2. The summed E-state index contributed by atoms with van der Waals surface area (Å²) < 4.78 is 10.8. The van der Waals surface area contributed by atoms with E-state index in [1.54, 1.807) is 30.3 Å². The molecule has 1 aliphatic heterocycles. The van der Waals surface area contributed by atoms with Crippen molar-refractivity contribution < 1.29 is 19.1 Å². The first-order chi connectivity index (χ1) is 12.6. The highest BCUT2D eigenvalue weighted by Crippen LogP contribution is 2.36. The van der Waals surface area contributed by atoms with Gasteiger partial charge in [0.1, 0.15) is 11.5 Å². The third-order valence-electron chi connectivity index (χ3n) is 3.69. The van der Waals surface area contributed by atoms with E-state index < -0.39 is 0 Å². The van der Waals surface area contributed by atoms with Crippen molar-refractivity contribution in [3.8, 4) is 11.5 Å². The highest BCUT2D eigenvalue weighted by Gasteiger charge is 2.36. The van der Waals surface area contributed by atoms with E-state index in [-0.39, 0.29) is 11.1 Å². The number of rotatable bonds is 6. The highest BCUT2D eigenvalue weighted by atomic mass is 32.2. The minimum atomic E-state index is -0.321. The van der Waals surface area contributed by atoms with Crippen LogP contribution in [-0.4, -0.2) is 24.4 Å². The Balaban J connectivity index is 1.79. The van der Waals surface area contributed by atoms with E-state index in [4.69, 9.17) is 9.47 Å². The molecule has 26 heavy (non-hydrogen) atoms. The Morgan fingerprint density at radius 1 is 0.885 bits per heavy atom. The van der Waals surface area contributed by atoms with Crippen molar-refractivity contribution in [3.05, 3.63) is 59.0 Å². The van der Waals surface area contributed by atoms with Gasteiger partial charge in [0.15, 0.2) is 0 Å². The summed E-state index contributed by atoms with van der Waals surface area (Å²) in [4.78, 5) is 26.6. The third kappa shape index (κ3) is 3.91. The maximum Gasteiger partial charge on any atom is 0.298 e. The summed E-state index contributed by atoms with van der Waals surface area (Å²) in [6.07, 6.45) is 1.72. The highest BCUT2D eigenvalue weighted by molar-refractivity contribution is 8.19. The Hall–Kier alpha value is -2.73. The van der Waals surface area contributed by atoms with Gasteiger partial charge >= 0.3 is 0 Å². The predicted octanol–water partition coefficient (Wildman–Crippen LogP) is 4.72. The first kappa shape index (κ1) is 18.1. The molecule has 2 amide bonds. The SMILES string of the molecule is CCOc1ccc(/C=C2\SC(=O)N(c3ccc(OCC)cc3)C2=O)cc1. The Morgan fingerprint density at radius 2 is 1.42 bits per heavy atom. The molecule has 1 aliphatic rings. The molecule has 2 aromatic carbocycles. The molecular weight excluding hydrogens is 350 g/mol. The van der Waals surface area contributed by atoms with Crippen molar-refractivity contribution in [2.75, 3.05) is 18.1 Å². The van der Waals surface area contributed by atoms with Crippen LogP contribution in [0.3, 0.4) is 0 Å². The second-order valence-corrected chi connectivity index (χ2v) is 6.44. The van der Waals surface area contributed by atoms with Gasteiger partial charge in [0, 0.05) is 0 Å². The number of carbonyl (C=O) groups is 2. The minimum Gasteiger partial charge on any atom is -0.494 e. The van der Waals surface area contributed by atoms with Gasteiger partial charge in [-0.25, -0.2) is 4.90 Å². The van der Waals surface area contributed by atoms with Crippen molar-refractivity contribution in [2.24, 2.45) is 0 Å². The molecule has 1 fully saturated rings. The van der Waals surface area contributed by atoms with E-state index in [0.29, 0.717) is 29.6 Å². The van der Waals surface area contributed by atoms with Crippen LogP contribution in [0, 0.1) is 0 Å². The largest absolute Gasteiger partial charge is 0.494 e. The fraction of sp³-hybridized carbons (Fsp3) is 0.200. The smallest absolute Gasteiger partial charge is 0.298 e. The Labute approximate surface area is 156 Å². The lowest BCUT2D eigenvalue weighted by Gasteiger charge is -2.13. The van der Waals surface area contributed by atoms with Crippen molar-refractivity contribution >= 4 is 34.7 Å². The molecule has 0 bridgehead atoms. The average Bonchev–Trinajstić information content (AvgIpc) is 2.92. The molecule has 2 aromatic rings. The van der Waals surface area contributed by atoms with Crippen LogP contribution in [0.1, 0.15) is 19.4 Å². The van der Waals surface area contributed by atoms with Crippen LogP contribution in [0.15, 0.2) is 53.4 Å². The van der Waals surface area contributed by atoms with Crippen molar-refractivity contribution in [1.29, 1.82) is 0 Å². The lowest BCUT2D eigenvalue weighted by Crippen LogP contribution is -2.27. The number of anilines is 1. The molecule has 5 nitrogen and oxygen atoms in total. The summed E-state index contributed by atoms with van der Waals surface area (Å²) in [7, 11) is 0. The van der Waals surface area contributed by atoms with Crippen LogP contribution in [0.25, 0.3) is 6.08 Å². The van der Waals surface area contributed by atoms with E-state index >= 15 is 0 Å². The molecule has 3 rings (SSSR count). The summed E-state index contributed by atoms with van der Waals surface area (Å²) >= 11 is 0.936. The van der Waals surface area contributed by atoms with Gasteiger partial charge in [0.25, 0.3) is 11.1 Å². The summed E-state index contributed by atoms with van der Waals surface area (Å²) in [6.45, 7) is 4.98. The zero-order valence-corrected chi connectivity index (χ0v) is 15.4. The molecule has 0 spiro atoms. The molecule has 0 aliphatic carbocycles. The number of carbonyl (C=O) groups excluding carboxylic acids is 2. The maximum atomic E-state index is 12.7. The zero-order valence-electron chi connectivity index (χ0n) is 14.6. The topological polar surface area (TPSA) is 55.8 Å². The van der Waals surface area contributed by atoms with Crippen LogP contribution < -0.4 is 14.4 Å². The fourth-order valence-electron chi connectivity index (χ4n) is 2.53. The average molecular weight is 369 g/mol. The molecule has 0 unspecified atom stereocenters. The van der Waals surface area contributed by atoms with E-state index in [1.807, 2.05) is 38.1 Å². The number of nitrogens with zero attached hydrogens (tertiary/aromatic N) is 1. The van der Waals surface area contributed by atoms with Crippen molar-refractivity contribution in [3.63, 3.8) is 0 Å². The molecule has 1 saturated heterocycles. The molecular formula is C20H19NO4S. The van der Waals surface area contributed by atoms with E-state index in [0.717, 1.165) is 23.1 Å². The number of amides is 2. The lowest BCUT2D eigenvalue weighted by atomic mass is 10.2. The molecule has 0 N–H and O–H groups in total. The Kier molecular flexibility index (Phi) is 5.63. The quantitative estimate of drug-likeness (QED) is 0.689. The summed E-state index contributed by atoms with van der Waals surface area (Å²) in [5.41, 5.74) is 1.37. The second-order valence-electron chi connectivity index (χ2n) is 5.45. The monoisotopic (exact) mass is 369 g/mol. The molecule has 0 aromatic heterocycles. The standard InChI is InChI=1S/C20H19NO4S/c1-3-24-16-9-5-14(6-10-16)13-18-19(22)21(20(23)26-18)15-7-11-17(12-8-15)25-4-2/h5-13H,3-4H2,1-2H3/b18-13-. The van der Waals surface area contributed by atoms with E-state index in [9.17, 15) is 9.59 Å². The van der Waals surface area contributed by atoms with Gasteiger partial charge in [-0.15, -0.1) is 0 Å². The predicted molar refractivity (Wildman–Crippen MR) is 104 cm³/mol. The minimum absolute atomic E-state index is 0.309. The van der Waals surface area contributed by atoms with Crippen LogP contribution in [0.4, 0.5) is 10.5 Å². The summed E-state index contributed by atoms with van der Waals surface area (Å²) in [6, 6.07) is 14.3. The van der Waals surface area contributed by atoms with Gasteiger partial charge in [0.2, 0.25) is 0 Å². The van der Waals surface area contributed by atoms with Crippen LogP contribution in [0.5, 0.6) is 11.5 Å². The summed E-state index contributed by atoms with van der Waals surface area (Å²) in [5, 5.41) is -0.309. The second kappa shape index (κ2) is 8.10. The first-order valence-corrected chi connectivity index (χ1v) is 9.17. The van der Waals surface area contributed by atoms with Gasteiger partial charge < -0.3 is 9.47 Å². The Bertz CT molecular complexity index is 828. The molecule has 0 radical (unpaired) electrons. The summed E-state index contributed by atoms with van der Waals surface area (Å²) in [5.74, 6) is 1.15. The van der Waals surface area contributed by atoms with Crippen LogP contribution >= 0.6 is 11.8 Å². The number of thioether (sulfide) groups is 1. The number of ether oxygens (including phenoxy) is 2. The molecule has 0 atom stereocenters. The van der Waals surface area contributed by atoms with Gasteiger partial charge in [-0.2, -0.15) is 0 Å². The maximum absolute atomic E-state index is 12.7. The van der Waals surface area contributed by atoms with Gasteiger partial charge in [-0.05, 0) is 73.6 Å². The zero-order chi connectivity index (χ0) is 18.5. The van der Waals surface area contributed by atoms with Crippen molar-refractivity contribution in [2.45, 2.75) is 13.8 Å². The van der Waals surface area contributed by atoms with E-state index in [1.165, 1.54) is 4.90 Å². The van der Waals surface area contributed by atoms with Gasteiger partial charge in [-0.1, -0.05) is 12.1 Å². The van der Waals surface area contributed by atoms with Crippen LogP contribution in [0.2, 0.25) is 0 Å². The number of imide groups is 1. The van der Waals surface area contributed by atoms with E-state index in [2.05, 4.69) is 0 Å². The van der Waals surface area contributed by atoms with Gasteiger partial charge in [-0.3, -0.25) is 9.59 Å². The fourth-order valence-corrected chi connectivity index (χ4v) is 3.37. The number of hydrogen-bond acceptors (Lipinski definition) is 5. The molecule has 0 saturated carbocycles. The van der Waals surface area contributed by atoms with Crippen LogP contribution in [-0.2, 0) is 4.79 Å². The molecule has 1 heterocycles. The normalized spacial score (nSPS) is 15.6.